The Hall–Kier alpha value is -1.02. The molecule has 0 bridgehead atoms. The molecule has 0 radical (unpaired) electrons. The van der Waals surface area contributed by atoms with E-state index in [4.69, 9.17) is 18.5 Å². The number of likely N-dealkylation sites (N-methyl/N-ethyl adjacent to an activating group) is 1. The number of allylic oxidation sites excluding steroid dienone is 4. The van der Waals surface area contributed by atoms with Gasteiger partial charge in [-0.3, -0.25) is 13.8 Å². The molecule has 8 nitrogen and oxygen atoms in total. The maximum atomic E-state index is 12.5. The molecule has 1 N–H and O–H groups in total. The van der Waals surface area contributed by atoms with Crippen LogP contribution in [-0.4, -0.2) is 75.6 Å². The number of phosphoric acid groups is 1. The zero-order valence-corrected chi connectivity index (χ0v) is 34.3. The molecule has 2 atom stereocenters. The van der Waals surface area contributed by atoms with Crippen molar-refractivity contribution in [3.8, 4) is 0 Å². The third-order valence-corrected chi connectivity index (χ3v) is 9.75. The van der Waals surface area contributed by atoms with Gasteiger partial charge < -0.3 is 18.9 Å². The molecule has 0 fully saturated rings. The highest BCUT2D eigenvalue weighted by Crippen LogP contribution is 2.43. The Labute approximate surface area is 309 Å². The molecular formula is C41H81NO7P+. The van der Waals surface area contributed by atoms with E-state index in [-0.39, 0.29) is 25.8 Å². The van der Waals surface area contributed by atoms with E-state index in [9.17, 15) is 14.3 Å². The number of rotatable bonds is 38. The normalized spacial score (nSPS) is 14.1. The number of ether oxygens (including phenoxy) is 2. The Balaban J connectivity index is 4.02. The van der Waals surface area contributed by atoms with Gasteiger partial charge in [-0.25, -0.2) is 4.57 Å². The van der Waals surface area contributed by atoms with Crippen LogP contribution in [-0.2, 0) is 27.9 Å². The van der Waals surface area contributed by atoms with Crippen LogP contribution in [0.3, 0.4) is 0 Å². The highest BCUT2D eigenvalue weighted by molar-refractivity contribution is 7.47. The molecule has 0 aromatic heterocycles. The number of hydrogen-bond donors (Lipinski definition) is 1. The summed E-state index contributed by atoms with van der Waals surface area (Å²) in [5, 5.41) is 0. The first-order chi connectivity index (χ1) is 24.1. The van der Waals surface area contributed by atoms with Crippen LogP contribution in [0.15, 0.2) is 24.3 Å². The van der Waals surface area contributed by atoms with Crippen molar-refractivity contribution in [2.45, 2.75) is 180 Å². The van der Waals surface area contributed by atoms with Crippen molar-refractivity contribution < 1.29 is 37.3 Å². The number of phosphoric ester groups is 1. The van der Waals surface area contributed by atoms with E-state index in [1.54, 1.807) is 0 Å². The minimum atomic E-state index is -4.26. The summed E-state index contributed by atoms with van der Waals surface area (Å²) in [4.78, 5) is 22.6. The largest absolute Gasteiger partial charge is 0.472 e. The average molecular weight is 731 g/mol. The van der Waals surface area contributed by atoms with E-state index in [1.165, 1.54) is 116 Å². The minimum absolute atomic E-state index is 0.0892. The molecule has 0 aliphatic heterocycles. The number of nitrogens with zero attached hydrogens (tertiary/aromatic N) is 1. The lowest BCUT2D eigenvalue weighted by atomic mass is 10.1. The Morgan fingerprint density at radius 2 is 1.10 bits per heavy atom. The van der Waals surface area contributed by atoms with Crippen molar-refractivity contribution in [1.82, 2.24) is 0 Å². The summed E-state index contributed by atoms with van der Waals surface area (Å²) < 4.78 is 34.7. The molecule has 2 unspecified atom stereocenters. The predicted molar refractivity (Wildman–Crippen MR) is 210 cm³/mol. The maximum Gasteiger partial charge on any atom is 0.472 e. The van der Waals surface area contributed by atoms with Crippen LogP contribution in [0.5, 0.6) is 0 Å². The van der Waals surface area contributed by atoms with Gasteiger partial charge in [-0.15, -0.1) is 0 Å². The zero-order chi connectivity index (χ0) is 37.0. The third-order valence-electron chi connectivity index (χ3n) is 8.77. The Bertz CT molecular complexity index is 858. The number of unbranched alkanes of at least 4 members (excludes halogenated alkanes) is 20. The second kappa shape index (κ2) is 35.0. The molecule has 0 heterocycles. The maximum absolute atomic E-state index is 12.5. The predicted octanol–water partition coefficient (Wildman–Crippen LogP) is 11.7. The molecule has 50 heavy (non-hydrogen) atoms. The van der Waals surface area contributed by atoms with E-state index in [0.717, 1.165) is 38.5 Å². The monoisotopic (exact) mass is 731 g/mol. The van der Waals surface area contributed by atoms with Gasteiger partial charge in [-0.2, -0.15) is 0 Å². The standard InChI is InChI=1S/C41H80NO7P/c1-6-8-10-12-14-15-16-17-18-19-20-21-22-23-24-25-26-27-28-29-31-33-36-46-38-40(49-41(43)34-32-30-13-11-9-7-2)39-48-50(44,45)47-37-35-42(3,4)5/h16-17,19-20,40H,6-15,18,21-39H2,1-5H3/p+1/b17-16-,20-19-. The molecule has 296 valence electrons. The van der Waals surface area contributed by atoms with Crippen molar-refractivity contribution in [2.24, 2.45) is 0 Å². The van der Waals surface area contributed by atoms with Gasteiger partial charge >= 0.3 is 13.8 Å². The van der Waals surface area contributed by atoms with Crippen molar-refractivity contribution in [3.63, 3.8) is 0 Å². The molecule has 0 spiro atoms. The summed E-state index contributed by atoms with van der Waals surface area (Å²) in [5.74, 6) is -0.324. The van der Waals surface area contributed by atoms with Crippen molar-refractivity contribution in [1.29, 1.82) is 0 Å². The lowest BCUT2D eigenvalue weighted by Gasteiger charge is -2.24. The molecule has 0 saturated heterocycles. The second-order valence-corrected chi connectivity index (χ2v) is 16.5. The van der Waals surface area contributed by atoms with Gasteiger partial charge in [0, 0.05) is 13.0 Å². The Morgan fingerprint density at radius 1 is 0.620 bits per heavy atom. The third kappa shape index (κ3) is 38.2. The first kappa shape index (κ1) is 49.0. The topological polar surface area (TPSA) is 91.3 Å². The molecule has 9 heteroatoms. The van der Waals surface area contributed by atoms with Crippen LogP contribution in [0.2, 0.25) is 0 Å². The minimum Gasteiger partial charge on any atom is -0.457 e. The van der Waals surface area contributed by atoms with E-state index in [0.29, 0.717) is 24.1 Å². The summed E-state index contributed by atoms with van der Waals surface area (Å²) in [7, 11) is 1.67. The second-order valence-electron chi connectivity index (χ2n) is 15.0. The van der Waals surface area contributed by atoms with Crippen LogP contribution in [0.25, 0.3) is 0 Å². The number of carbonyl (C=O) groups excluding carboxylic acids is 1. The number of quaternary nitrogens is 1. The van der Waals surface area contributed by atoms with Gasteiger partial charge in [0.05, 0.1) is 34.4 Å². The molecular weight excluding hydrogens is 649 g/mol. The van der Waals surface area contributed by atoms with E-state index in [2.05, 4.69) is 38.2 Å². The lowest BCUT2D eigenvalue weighted by molar-refractivity contribution is -0.870. The number of carbonyl (C=O) groups is 1. The SMILES string of the molecule is CCCCCCC/C=C\C/C=C\CCCCCCCCCCCCOCC(COP(=O)(O)OCC[N+](C)(C)C)OC(=O)CCCCCCCC. The molecule has 0 aliphatic rings. The summed E-state index contributed by atoms with van der Waals surface area (Å²) in [5.41, 5.74) is 0. The van der Waals surface area contributed by atoms with Crippen molar-refractivity contribution in [2.75, 3.05) is 54.1 Å². The van der Waals surface area contributed by atoms with Crippen LogP contribution in [0.4, 0.5) is 0 Å². The van der Waals surface area contributed by atoms with Crippen molar-refractivity contribution >= 4 is 13.8 Å². The fourth-order valence-corrected chi connectivity index (χ4v) is 6.26. The van der Waals surface area contributed by atoms with Crippen LogP contribution >= 0.6 is 7.82 Å². The molecule has 0 saturated carbocycles. The molecule has 0 aromatic carbocycles. The summed E-state index contributed by atoms with van der Waals surface area (Å²) >= 11 is 0. The van der Waals surface area contributed by atoms with E-state index < -0.39 is 13.9 Å². The quantitative estimate of drug-likeness (QED) is 0.0222. The lowest BCUT2D eigenvalue weighted by Crippen LogP contribution is -2.37. The first-order valence-corrected chi connectivity index (χ1v) is 22.1. The average Bonchev–Trinajstić information content (AvgIpc) is 3.06. The van der Waals surface area contributed by atoms with Gasteiger partial charge in [0.15, 0.2) is 0 Å². The first-order valence-electron chi connectivity index (χ1n) is 20.6. The highest BCUT2D eigenvalue weighted by Gasteiger charge is 2.26. The van der Waals surface area contributed by atoms with Crippen LogP contribution in [0.1, 0.15) is 174 Å². The van der Waals surface area contributed by atoms with Gasteiger partial charge in [-0.05, 0) is 44.9 Å². The highest BCUT2D eigenvalue weighted by atomic mass is 31.2. The molecule has 0 aliphatic carbocycles. The Morgan fingerprint density at radius 3 is 1.62 bits per heavy atom. The molecule has 0 rings (SSSR count). The fraction of sp³-hybridized carbons (Fsp3) is 0.878. The summed E-state index contributed by atoms with van der Waals surface area (Å²) in [6.07, 6.45) is 38.1. The Kier molecular flexibility index (Phi) is 34.3. The molecule has 0 amide bonds. The summed E-state index contributed by atoms with van der Waals surface area (Å²) in [6, 6.07) is 0. The number of hydrogen-bond acceptors (Lipinski definition) is 6. The molecule has 0 aromatic rings. The van der Waals surface area contributed by atoms with E-state index in [1.807, 2.05) is 21.1 Å². The van der Waals surface area contributed by atoms with Gasteiger partial charge in [0.2, 0.25) is 0 Å². The van der Waals surface area contributed by atoms with E-state index >= 15 is 0 Å². The summed E-state index contributed by atoms with van der Waals surface area (Å²) in [6.45, 7) is 5.55. The van der Waals surface area contributed by atoms with Crippen LogP contribution in [0, 0.1) is 0 Å². The van der Waals surface area contributed by atoms with Gasteiger partial charge in [-0.1, -0.05) is 147 Å². The number of esters is 1. The fourth-order valence-electron chi connectivity index (χ4n) is 5.52. The zero-order valence-electron chi connectivity index (χ0n) is 33.4. The van der Waals surface area contributed by atoms with Gasteiger partial charge in [0.1, 0.15) is 19.3 Å². The van der Waals surface area contributed by atoms with Crippen molar-refractivity contribution in [3.05, 3.63) is 24.3 Å². The van der Waals surface area contributed by atoms with Gasteiger partial charge in [0.25, 0.3) is 0 Å². The smallest absolute Gasteiger partial charge is 0.457 e. The van der Waals surface area contributed by atoms with Crippen LogP contribution < -0.4 is 0 Å².